The van der Waals surface area contributed by atoms with E-state index in [4.69, 9.17) is 11.5 Å². The minimum absolute atomic E-state index is 0.0240. The quantitative estimate of drug-likeness (QED) is 0.436. The summed E-state index contributed by atoms with van der Waals surface area (Å²) < 4.78 is 30.2. The number of primary amides is 1. The van der Waals surface area contributed by atoms with Gasteiger partial charge < -0.3 is 22.1 Å². The molecule has 3 aromatic rings. The van der Waals surface area contributed by atoms with E-state index in [1.165, 1.54) is 4.68 Å². The summed E-state index contributed by atoms with van der Waals surface area (Å²) in [5, 5.41) is 10.1. The molecule has 0 saturated heterocycles. The zero-order chi connectivity index (χ0) is 22.3. The number of halogens is 2. The second-order valence-electron chi connectivity index (χ2n) is 8.14. The predicted octanol–water partition coefficient (Wildman–Crippen LogP) is 3.02. The second kappa shape index (κ2) is 8.10. The number of carbonyl (C=O) groups is 1. The number of hydrogen-bond donors (Lipinski definition) is 4. The lowest BCUT2D eigenvalue weighted by Crippen LogP contribution is -2.39. The molecule has 4 rings (SSSR count). The first-order valence-corrected chi connectivity index (χ1v) is 10.1. The fraction of sp³-hybridized carbons (Fsp3) is 0.381. The van der Waals surface area contributed by atoms with Crippen LogP contribution in [0, 0.1) is 17.7 Å². The summed E-state index contributed by atoms with van der Waals surface area (Å²) in [6.07, 6.45) is 3.10. The van der Waals surface area contributed by atoms with Crippen molar-refractivity contribution in [1.82, 2.24) is 14.8 Å². The first-order valence-electron chi connectivity index (χ1n) is 10.1. The minimum Gasteiger partial charge on any atom is -0.365 e. The van der Waals surface area contributed by atoms with Crippen LogP contribution in [0.25, 0.3) is 10.9 Å². The van der Waals surface area contributed by atoms with E-state index < -0.39 is 17.7 Å². The highest BCUT2D eigenvalue weighted by molar-refractivity contribution is 5.99. The number of pyridine rings is 1. The van der Waals surface area contributed by atoms with E-state index in [2.05, 4.69) is 20.7 Å². The molecule has 8 nitrogen and oxygen atoms in total. The van der Waals surface area contributed by atoms with Crippen LogP contribution in [-0.4, -0.2) is 32.8 Å². The Morgan fingerprint density at radius 2 is 2.03 bits per heavy atom. The molecule has 1 saturated carbocycles. The van der Waals surface area contributed by atoms with Gasteiger partial charge in [0, 0.05) is 24.8 Å². The number of nitrogens with one attached hydrogen (secondary N) is 2. The Balaban J connectivity index is 1.67. The summed E-state index contributed by atoms with van der Waals surface area (Å²) in [5.41, 5.74) is 12.4. The molecular formula is C21H25F2N7O. The first kappa shape index (κ1) is 21.0. The van der Waals surface area contributed by atoms with E-state index in [9.17, 15) is 13.6 Å². The average Bonchev–Trinajstić information content (AvgIpc) is 3.48. The number of benzene rings is 1. The normalized spacial score (nSPS) is 15.6. The Bertz CT molecular complexity index is 1140. The number of aromatic nitrogens is 3. The van der Waals surface area contributed by atoms with Crippen LogP contribution in [0.3, 0.4) is 0 Å². The first-order chi connectivity index (χ1) is 14.7. The molecule has 2 aromatic heterocycles. The molecular weight excluding hydrogens is 404 g/mol. The van der Waals surface area contributed by atoms with Crippen LogP contribution in [-0.2, 0) is 7.05 Å². The smallest absolute Gasteiger partial charge is 0.252 e. The maximum atomic E-state index is 14.7. The van der Waals surface area contributed by atoms with Crippen LogP contribution in [0.1, 0.15) is 36.5 Å². The molecule has 0 spiro atoms. The lowest BCUT2D eigenvalue weighted by atomic mass is 10.0. The van der Waals surface area contributed by atoms with Gasteiger partial charge in [-0.05, 0) is 43.5 Å². The van der Waals surface area contributed by atoms with Gasteiger partial charge in [-0.1, -0.05) is 12.8 Å². The minimum atomic E-state index is -0.837. The van der Waals surface area contributed by atoms with Crippen molar-refractivity contribution in [2.75, 3.05) is 10.6 Å². The Morgan fingerprint density at radius 1 is 1.29 bits per heavy atom. The topological polar surface area (TPSA) is 124 Å². The van der Waals surface area contributed by atoms with Crippen molar-refractivity contribution in [3.05, 3.63) is 41.6 Å². The van der Waals surface area contributed by atoms with E-state index >= 15 is 0 Å². The average molecular weight is 429 g/mol. The molecule has 1 amide bonds. The van der Waals surface area contributed by atoms with Crippen LogP contribution < -0.4 is 22.1 Å². The van der Waals surface area contributed by atoms with Gasteiger partial charge in [0.1, 0.15) is 5.82 Å². The largest absolute Gasteiger partial charge is 0.365 e. The van der Waals surface area contributed by atoms with Gasteiger partial charge >= 0.3 is 0 Å². The van der Waals surface area contributed by atoms with Crippen LogP contribution >= 0.6 is 0 Å². The summed E-state index contributed by atoms with van der Waals surface area (Å²) in [6.45, 7) is 1.85. The summed E-state index contributed by atoms with van der Waals surface area (Å²) in [6, 6.07) is 5.57. The molecule has 1 fully saturated rings. The highest BCUT2D eigenvalue weighted by atomic mass is 19.1. The van der Waals surface area contributed by atoms with Crippen LogP contribution in [0.5, 0.6) is 0 Å². The van der Waals surface area contributed by atoms with Gasteiger partial charge in [-0.2, -0.15) is 4.39 Å². The molecule has 0 bridgehead atoms. The Hall–Kier alpha value is -3.27. The van der Waals surface area contributed by atoms with E-state index in [0.717, 1.165) is 25.3 Å². The fourth-order valence-electron chi connectivity index (χ4n) is 3.60. The van der Waals surface area contributed by atoms with Gasteiger partial charge in [-0.15, -0.1) is 5.10 Å². The molecule has 1 aromatic carbocycles. The Labute approximate surface area is 178 Å². The van der Waals surface area contributed by atoms with Gasteiger partial charge in [-0.25, -0.2) is 9.37 Å². The zero-order valence-electron chi connectivity index (χ0n) is 17.3. The molecule has 2 atom stereocenters. The van der Waals surface area contributed by atoms with Gasteiger partial charge in [0.15, 0.2) is 11.6 Å². The van der Waals surface area contributed by atoms with Crippen molar-refractivity contribution in [3.8, 4) is 0 Å². The molecule has 164 valence electrons. The molecule has 1 aliphatic rings. The third-order valence-corrected chi connectivity index (χ3v) is 5.55. The van der Waals surface area contributed by atoms with Crippen molar-refractivity contribution in [2.45, 2.75) is 38.3 Å². The maximum absolute atomic E-state index is 14.7. The number of aryl methyl sites for hydroxylation is 1. The molecule has 0 radical (unpaired) electrons. The number of rotatable bonds is 8. The van der Waals surface area contributed by atoms with Crippen molar-refractivity contribution < 1.29 is 13.6 Å². The van der Waals surface area contributed by atoms with Gasteiger partial charge in [0.25, 0.3) is 5.91 Å². The summed E-state index contributed by atoms with van der Waals surface area (Å²) in [7, 11) is 1.64. The number of nitrogens with two attached hydrogens (primary N) is 2. The molecule has 1 aliphatic carbocycles. The number of hydrogen-bond acceptors (Lipinski definition) is 6. The zero-order valence-corrected chi connectivity index (χ0v) is 17.3. The fourth-order valence-corrected chi connectivity index (χ4v) is 3.60. The summed E-state index contributed by atoms with van der Waals surface area (Å²) in [5.74, 6) is -1.54. The highest BCUT2D eigenvalue weighted by Crippen LogP contribution is 2.35. The number of fused-ring (bicyclic) bond motifs is 1. The highest BCUT2D eigenvalue weighted by Gasteiger charge is 2.28. The Kier molecular flexibility index (Phi) is 5.48. The number of amides is 1. The molecule has 31 heavy (non-hydrogen) atoms. The van der Waals surface area contributed by atoms with Crippen molar-refractivity contribution in [3.63, 3.8) is 0 Å². The summed E-state index contributed by atoms with van der Waals surface area (Å²) >= 11 is 0. The van der Waals surface area contributed by atoms with Crippen molar-refractivity contribution in [1.29, 1.82) is 0 Å². The van der Waals surface area contributed by atoms with E-state index in [1.54, 1.807) is 25.2 Å². The maximum Gasteiger partial charge on any atom is 0.252 e. The molecule has 0 aliphatic heterocycles. The number of carbonyl (C=O) groups excluding carboxylic acids is 1. The second-order valence-corrected chi connectivity index (χ2v) is 8.14. The number of nitrogens with zero attached hydrogens (tertiary/aromatic N) is 3. The number of anilines is 3. The lowest BCUT2D eigenvalue weighted by molar-refractivity contribution is 0.100. The SMILES string of the molecule is C[C@H](N)[C@@H](CC1CC1)Nc1nc(Nc2ccc3c(c2)c(F)nn3C)c(C(N)=O)cc1F. The van der Waals surface area contributed by atoms with E-state index in [-0.39, 0.29) is 29.3 Å². The standard InChI is InChI=1S/C21H25F2N7O/c1-10(24)16(7-11-3-4-11)27-21-15(22)9-14(19(25)31)20(28-21)26-12-5-6-17-13(8-12)18(23)29-30(17)2/h5-6,8-11,16H,3-4,7,24H2,1-2H3,(H2,25,31)(H2,26,27,28)/t10-,16+/m0/s1. The third kappa shape index (κ3) is 4.43. The molecule has 0 unspecified atom stereocenters. The molecule has 10 heteroatoms. The lowest BCUT2D eigenvalue weighted by Gasteiger charge is -2.24. The van der Waals surface area contributed by atoms with Gasteiger partial charge in [0.2, 0.25) is 5.95 Å². The monoisotopic (exact) mass is 429 g/mol. The van der Waals surface area contributed by atoms with Crippen molar-refractivity contribution in [2.24, 2.45) is 24.4 Å². The van der Waals surface area contributed by atoms with Crippen molar-refractivity contribution >= 4 is 34.1 Å². The van der Waals surface area contributed by atoms with Crippen LogP contribution in [0.4, 0.5) is 26.1 Å². The van der Waals surface area contributed by atoms with Gasteiger partial charge in [-0.3, -0.25) is 9.48 Å². The van der Waals surface area contributed by atoms with Crippen LogP contribution in [0.15, 0.2) is 24.3 Å². The Morgan fingerprint density at radius 3 is 2.68 bits per heavy atom. The molecule has 6 N–H and O–H groups in total. The predicted molar refractivity (Wildman–Crippen MR) is 115 cm³/mol. The summed E-state index contributed by atoms with van der Waals surface area (Å²) in [4.78, 5) is 16.2. The molecule has 2 heterocycles. The van der Waals surface area contributed by atoms with Crippen LogP contribution in [0.2, 0.25) is 0 Å². The third-order valence-electron chi connectivity index (χ3n) is 5.55. The van der Waals surface area contributed by atoms with E-state index in [0.29, 0.717) is 22.5 Å². The van der Waals surface area contributed by atoms with Gasteiger partial charge in [0.05, 0.1) is 16.5 Å². The van der Waals surface area contributed by atoms with E-state index in [1.807, 2.05) is 6.92 Å².